The van der Waals surface area contributed by atoms with Crippen LogP contribution in [0, 0.1) is 11.3 Å². The maximum Gasteiger partial charge on any atom is 0.253 e. The van der Waals surface area contributed by atoms with Crippen LogP contribution in [0.1, 0.15) is 26.7 Å². The first-order chi connectivity index (χ1) is 11.7. The van der Waals surface area contributed by atoms with Crippen LogP contribution < -0.4 is 16.4 Å². The van der Waals surface area contributed by atoms with Crippen molar-refractivity contribution < 1.29 is 4.79 Å². The number of nitrogens with one attached hydrogen (secondary N) is 2. The molecule has 0 aromatic rings. The summed E-state index contributed by atoms with van der Waals surface area (Å²) in [6, 6.07) is 1.91. The highest BCUT2D eigenvalue weighted by atomic mass is 16.2. The van der Waals surface area contributed by atoms with Crippen LogP contribution in [0.25, 0.3) is 0 Å². The Labute approximate surface area is 150 Å². The summed E-state index contributed by atoms with van der Waals surface area (Å²) >= 11 is 0. The van der Waals surface area contributed by atoms with Crippen LogP contribution in [0.3, 0.4) is 0 Å². The summed E-state index contributed by atoms with van der Waals surface area (Å²) in [5, 5.41) is 15.4. The smallest absolute Gasteiger partial charge is 0.253 e. The molecule has 1 aliphatic rings. The molecule has 136 valence electrons. The van der Waals surface area contributed by atoms with E-state index in [0.29, 0.717) is 29.0 Å². The van der Waals surface area contributed by atoms with Crippen molar-refractivity contribution in [3.05, 3.63) is 47.9 Å². The molecule has 0 fully saturated rings. The van der Waals surface area contributed by atoms with Gasteiger partial charge in [0.15, 0.2) is 0 Å². The molecule has 0 spiro atoms. The lowest BCUT2D eigenvalue weighted by Gasteiger charge is -2.47. The highest BCUT2D eigenvalue weighted by Crippen LogP contribution is 2.30. The minimum atomic E-state index is -0.783. The monoisotopic (exact) mass is 343 g/mol. The summed E-state index contributed by atoms with van der Waals surface area (Å²) in [6.07, 6.45) is 5.05. The molecule has 1 aliphatic carbocycles. The van der Waals surface area contributed by atoms with Crippen molar-refractivity contribution in [1.82, 2.24) is 15.5 Å². The molecule has 6 heteroatoms. The fraction of sp³-hybridized carbons (Fsp3) is 0.474. The lowest BCUT2D eigenvalue weighted by Crippen LogP contribution is -2.63. The average Bonchev–Trinajstić information content (AvgIpc) is 2.63. The maximum atomic E-state index is 13.4. The van der Waals surface area contributed by atoms with Crippen molar-refractivity contribution >= 4 is 5.91 Å². The van der Waals surface area contributed by atoms with Gasteiger partial charge in [-0.25, -0.2) is 0 Å². The third-order valence-corrected chi connectivity index (χ3v) is 4.97. The van der Waals surface area contributed by atoms with E-state index in [4.69, 9.17) is 5.73 Å². The first-order valence-electron chi connectivity index (χ1n) is 8.33. The number of hydrogen-bond acceptors (Lipinski definition) is 5. The molecule has 0 aromatic heterocycles. The van der Waals surface area contributed by atoms with E-state index in [0.717, 1.165) is 6.42 Å². The zero-order valence-electron chi connectivity index (χ0n) is 15.6. The highest BCUT2D eigenvalue weighted by molar-refractivity contribution is 5.96. The van der Waals surface area contributed by atoms with E-state index in [1.807, 2.05) is 33.0 Å². The molecule has 0 radical (unpaired) electrons. The zero-order chi connectivity index (χ0) is 19.2. The minimum Gasteiger partial charge on any atom is -0.398 e. The van der Waals surface area contributed by atoms with Crippen molar-refractivity contribution in [2.45, 2.75) is 38.3 Å². The maximum absolute atomic E-state index is 13.4. The molecule has 2 atom stereocenters. The fourth-order valence-electron chi connectivity index (χ4n) is 2.94. The van der Waals surface area contributed by atoms with Gasteiger partial charge in [-0.15, -0.1) is 0 Å². The van der Waals surface area contributed by atoms with Gasteiger partial charge in [0.1, 0.15) is 0 Å². The van der Waals surface area contributed by atoms with Gasteiger partial charge in [-0.05, 0) is 39.8 Å². The van der Waals surface area contributed by atoms with Crippen LogP contribution in [-0.4, -0.2) is 43.0 Å². The second kappa shape index (κ2) is 8.54. The number of nitrogens with two attached hydrogens (primary N) is 1. The lowest BCUT2D eigenvalue weighted by atomic mass is 9.86. The van der Waals surface area contributed by atoms with Gasteiger partial charge < -0.3 is 21.3 Å². The topological polar surface area (TPSA) is 94.2 Å². The molecule has 0 aliphatic heterocycles. The number of carbonyl (C=O) groups is 1. The van der Waals surface area contributed by atoms with Crippen molar-refractivity contribution in [2.24, 2.45) is 5.73 Å². The summed E-state index contributed by atoms with van der Waals surface area (Å²) in [5.74, 6) is -0.195. The molecule has 0 saturated heterocycles. The van der Waals surface area contributed by atoms with Crippen molar-refractivity contribution in [3.8, 4) is 6.07 Å². The Morgan fingerprint density at radius 2 is 2.16 bits per heavy atom. The van der Waals surface area contributed by atoms with E-state index in [9.17, 15) is 10.1 Å². The quantitative estimate of drug-likeness (QED) is 0.582. The summed E-state index contributed by atoms with van der Waals surface area (Å²) in [4.78, 5) is 15.0. The van der Waals surface area contributed by atoms with Crippen LogP contribution >= 0.6 is 0 Å². The molecule has 1 rings (SSSR count). The third-order valence-electron chi connectivity index (χ3n) is 4.97. The summed E-state index contributed by atoms with van der Waals surface area (Å²) in [6.45, 7) is 11.9. The number of nitrogens with zero attached hydrogens (tertiary/aromatic N) is 2. The van der Waals surface area contributed by atoms with E-state index in [-0.39, 0.29) is 18.5 Å². The Bertz CT molecular complexity index is 655. The van der Waals surface area contributed by atoms with Gasteiger partial charge in [0.25, 0.3) is 5.91 Å². The van der Waals surface area contributed by atoms with E-state index in [1.54, 1.807) is 18.0 Å². The number of allylic oxidation sites excluding steroid dienone is 2. The van der Waals surface area contributed by atoms with E-state index >= 15 is 0 Å². The van der Waals surface area contributed by atoms with E-state index in [2.05, 4.69) is 23.8 Å². The van der Waals surface area contributed by atoms with Gasteiger partial charge in [0, 0.05) is 35.6 Å². The Hall–Kier alpha value is -2.52. The molecule has 0 heterocycles. The predicted octanol–water partition coefficient (Wildman–Crippen LogP) is 1.56. The molecule has 0 saturated carbocycles. The number of rotatable bonds is 8. The summed E-state index contributed by atoms with van der Waals surface area (Å²) < 4.78 is 0. The number of hydrogen-bond donors (Lipinski definition) is 3. The second-order valence-corrected chi connectivity index (χ2v) is 6.37. The van der Waals surface area contributed by atoms with Crippen LogP contribution in [0.15, 0.2) is 47.9 Å². The van der Waals surface area contributed by atoms with Crippen LogP contribution in [0.4, 0.5) is 0 Å². The Balaban J connectivity index is 3.47. The zero-order valence-corrected chi connectivity index (χ0v) is 15.6. The second-order valence-electron chi connectivity index (χ2n) is 6.37. The van der Waals surface area contributed by atoms with Crippen molar-refractivity contribution in [2.75, 3.05) is 20.6 Å². The van der Waals surface area contributed by atoms with Crippen LogP contribution in [0.5, 0.6) is 0 Å². The first-order valence-corrected chi connectivity index (χ1v) is 8.33. The van der Waals surface area contributed by atoms with Gasteiger partial charge in [-0.3, -0.25) is 4.79 Å². The molecule has 6 nitrogen and oxygen atoms in total. The molecule has 4 N–H and O–H groups in total. The van der Waals surface area contributed by atoms with E-state index < -0.39 is 5.54 Å². The molecular weight excluding hydrogens is 314 g/mol. The summed E-state index contributed by atoms with van der Waals surface area (Å²) in [7, 11) is 3.59. The van der Waals surface area contributed by atoms with Crippen LogP contribution in [0.2, 0.25) is 0 Å². The van der Waals surface area contributed by atoms with Gasteiger partial charge in [0.05, 0.1) is 18.2 Å². The fourth-order valence-corrected chi connectivity index (χ4v) is 2.94. The van der Waals surface area contributed by atoms with Gasteiger partial charge in [-0.1, -0.05) is 19.2 Å². The summed E-state index contributed by atoms with van der Waals surface area (Å²) in [5.41, 5.74) is 7.26. The minimum absolute atomic E-state index is 0.110. The molecule has 1 unspecified atom stereocenters. The number of likely N-dealkylation sites (N-methyl/N-ethyl adjacent to an activating group) is 2. The lowest BCUT2D eigenvalue weighted by molar-refractivity contribution is -0.132. The number of nitriles is 1. The molecule has 0 bridgehead atoms. The molecule has 1 amide bonds. The molecular formula is C19H29N5O. The SMILES string of the molecule is C=C(C#N)CN(C(=O)C1=C(N)C=CCC1)C(C)(C(=C)NC)[C@@H](C)NC. The Kier molecular flexibility index (Phi) is 7.01. The van der Waals surface area contributed by atoms with Gasteiger partial charge >= 0.3 is 0 Å². The predicted molar refractivity (Wildman–Crippen MR) is 101 cm³/mol. The van der Waals surface area contributed by atoms with Gasteiger partial charge in [0.2, 0.25) is 0 Å². The first kappa shape index (κ1) is 20.5. The standard InChI is InChI=1S/C19H29N5O/c1-13(11-20)12-24(18(25)16-9-7-8-10-17(16)21)19(4,14(2)22-5)15(3)23-6/h8,10,15,22-23H,1-2,7,9,12,21H2,3-6H3/t15-,19?/m1/s1. The van der Waals surface area contributed by atoms with E-state index in [1.165, 1.54) is 0 Å². The Morgan fingerprint density at radius 1 is 1.52 bits per heavy atom. The number of carbonyl (C=O) groups excluding carboxylic acids is 1. The highest BCUT2D eigenvalue weighted by Gasteiger charge is 2.43. The largest absolute Gasteiger partial charge is 0.398 e. The Morgan fingerprint density at radius 3 is 2.64 bits per heavy atom. The normalized spacial score (nSPS) is 17.2. The van der Waals surface area contributed by atoms with Gasteiger partial charge in [-0.2, -0.15) is 5.26 Å². The van der Waals surface area contributed by atoms with Crippen LogP contribution in [-0.2, 0) is 4.79 Å². The molecule has 0 aromatic carbocycles. The number of amides is 1. The third kappa shape index (κ3) is 4.12. The van der Waals surface area contributed by atoms with Crippen molar-refractivity contribution in [3.63, 3.8) is 0 Å². The molecule has 25 heavy (non-hydrogen) atoms. The average molecular weight is 343 g/mol. The van der Waals surface area contributed by atoms with Crippen molar-refractivity contribution in [1.29, 1.82) is 5.26 Å².